The van der Waals surface area contributed by atoms with Crippen LogP contribution in [-0.4, -0.2) is 20.9 Å². The average molecular weight is 347 g/mol. The molecule has 132 valence electrons. The second-order valence-electron chi connectivity index (χ2n) is 6.88. The van der Waals surface area contributed by atoms with Crippen LogP contribution in [0.1, 0.15) is 25.8 Å². The second kappa shape index (κ2) is 6.37. The number of hydrogen-bond donors (Lipinski definition) is 2. The number of carbonyl (C=O) groups is 1. The van der Waals surface area contributed by atoms with Crippen molar-refractivity contribution in [3.8, 4) is 11.3 Å². The number of amides is 1. The number of nitrogens with two attached hydrogens (primary N) is 1. The van der Waals surface area contributed by atoms with Crippen molar-refractivity contribution in [2.45, 2.75) is 26.7 Å². The van der Waals surface area contributed by atoms with Crippen LogP contribution in [0.2, 0.25) is 0 Å². The molecule has 0 unspecified atom stereocenters. The first-order valence-electron chi connectivity index (χ1n) is 8.87. The molecule has 4 rings (SSSR count). The maximum absolute atomic E-state index is 12.2. The third-order valence-corrected chi connectivity index (χ3v) is 5.01. The molecule has 26 heavy (non-hydrogen) atoms. The van der Waals surface area contributed by atoms with Gasteiger partial charge in [0.05, 0.1) is 5.69 Å². The first-order valence-corrected chi connectivity index (χ1v) is 8.87. The summed E-state index contributed by atoms with van der Waals surface area (Å²) in [7, 11) is 0. The summed E-state index contributed by atoms with van der Waals surface area (Å²) in [6.45, 7) is 4.18. The highest BCUT2D eigenvalue weighted by atomic mass is 16.2. The van der Waals surface area contributed by atoms with Crippen molar-refractivity contribution in [1.29, 1.82) is 0 Å². The molecule has 3 heterocycles. The number of anilines is 2. The van der Waals surface area contributed by atoms with Crippen LogP contribution < -0.4 is 11.1 Å². The number of hydrogen-bond acceptors (Lipinski definition) is 5. The van der Waals surface area contributed by atoms with Gasteiger partial charge in [0.25, 0.3) is 0 Å². The Morgan fingerprint density at radius 2 is 2.15 bits per heavy atom. The first-order chi connectivity index (χ1) is 12.6. The summed E-state index contributed by atoms with van der Waals surface area (Å²) in [5.41, 5.74) is 9.07. The molecule has 0 radical (unpaired) electrons. The Bertz CT molecular complexity index is 1000. The third-order valence-electron chi connectivity index (χ3n) is 5.01. The van der Waals surface area contributed by atoms with Gasteiger partial charge < -0.3 is 11.1 Å². The van der Waals surface area contributed by atoms with E-state index in [1.54, 1.807) is 12.4 Å². The molecule has 1 aliphatic carbocycles. The highest BCUT2D eigenvalue weighted by Crippen LogP contribution is 2.38. The minimum Gasteiger partial charge on any atom is -0.383 e. The van der Waals surface area contributed by atoms with Crippen LogP contribution in [-0.2, 0) is 11.2 Å². The van der Waals surface area contributed by atoms with E-state index in [1.807, 2.05) is 24.4 Å². The number of aryl methyl sites for hydroxylation is 1. The van der Waals surface area contributed by atoms with Gasteiger partial charge in [0.1, 0.15) is 11.6 Å². The predicted octanol–water partition coefficient (Wildman–Crippen LogP) is 3.43. The topological polar surface area (TPSA) is 93.8 Å². The molecule has 6 nitrogen and oxygen atoms in total. The summed E-state index contributed by atoms with van der Waals surface area (Å²) in [6, 6.07) is 5.81. The lowest BCUT2D eigenvalue weighted by Gasteiger charge is -2.10. The van der Waals surface area contributed by atoms with Crippen LogP contribution in [0, 0.1) is 11.8 Å². The van der Waals surface area contributed by atoms with E-state index < -0.39 is 0 Å². The lowest BCUT2D eigenvalue weighted by atomic mass is 10.0. The molecular weight excluding hydrogens is 326 g/mol. The molecule has 3 N–H and O–H groups in total. The van der Waals surface area contributed by atoms with E-state index >= 15 is 0 Å². The molecule has 2 atom stereocenters. The zero-order valence-corrected chi connectivity index (χ0v) is 14.9. The minimum atomic E-state index is 0.0344. The lowest BCUT2D eigenvalue weighted by Crippen LogP contribution is -2.15. The Morgan fingerprint density at radius 1 is 1.35 bits per heavy atom. The Morgan fingerprint density at radius 3 is 2.88 bits per heavy atom. The molecule has 1 fully saturated rings. The standard InChI is InChI=1S/C20H21N5O/c1-3-12-4-5-22-9-15(12)17-7-13-8-18(23-10-16(13)19(21)24-17)25-20(26)14-6-11(14)2/h4-5,7-11,14H,3,6H2,1-2H3,(H2,21,24)(H,23,25,26)/t11-,14-/m0/s1. The molecule has 0 spiro atoms. The van der Waals surface area contributed by atoms with E-state index in [2.05, 4.69) is 34.1 Å². The predicted molar refractivity (Wildman–Crippen MR) is 102 cm³/mol. The molecule has 6 heteroatoms. The van der Waals surface area contributed by atoms with E-state index in [1.165, 1.54) is 0 Å². The zero-order valence-electron chi connectivity index (χ0n) is 14.9. The molecule has 1 amide bonds. The van der Waals surface area contributed by atoms with Crippen molar-refractivity contribution >= 4 is 28.3 Å². The molecular formula is C20H21N5O. The summed E-state index contributed by atoms with van der Waals surface area (Å²) >= 11 is 0. The van der Waals surface area contributed by atoms with Gasteiger partial charge in [-0.3, -0.25) is 9.78 Å². The molecule has 3 aromatic rings. The van der Waals surface area contributed by atoms with E-state index in [0.29, 0.717) is 17.6 Å². The van der Waals surface area contributed by atoms with Gasteiger partial charge in [0.2, 0.25) is 5.91 Å². The minimum absolute atomic E-state index is 0.0344. The SMILES string of the molecule is CCc1ccncc1-c1cc2cc(NC(=O)[C@H]3C[C@@H]3C)ncc2c(N)n1. The van der Waals surface area contributed by atoms with Crippen LogP contribution >= 0.6 is 0 Å². The first kappa shape index (κ1) is 16.4. The van der Waals surface area contributed by atoms with Crippen LogP contribution in [0.3, 0.4) is 0 Å². The fourth-order valence-corrected chi connectivity index (χ4v) is 3.25. The third kappa shape index (κ3) is 2.98. The van der Waals surface area contributed by atoms with Gasteiger partial charge in [-0.05, 0) is 47.9 Å². The number of fused-ring (bicyclic) bond motifs is 1. The van der Waals surface area contributed by atoms with Gasteiger partial charge in [-0.25, -0.2) is 9.97 Å². The number of nitrogen functional groups attached to an aromatic ring is 1. The van der Waals surface area contributed by atoms with Crippen molar-refractivity contribution in [1.82, 2.24) is 15.0 Å². The summed E-state index contributed by atoms with van der Waals surface area (Å²) in [4.78, 5) is 25.2. The molecule has 0 aliphatic heterocycles. The number of aromatic nitrogens is 3. The molecule has 1 saturated carbocycles. The number of pyridine rings is 3. The number of nitrogens with one attached hydrogen (secondary N) is 1. The van der Waals surface area contributed by atoms with Crippen LogP contribution in [0.5, 0.6) is 0 Å². The molecule has 0 saturated heterocycles. The van der Waals surface area contributed by atoms with Crippen LogP contribution in [0.15, 0.2) is 36.8 Å². The van der Waals surface area contributed by atoms with Gasteiger partial charge in [0.15, 0.2) is 0 Å². The normalized spacial score (nSPS) is 18.7. The van der Waals surface area contributed by atoms with Gasteiger partial charge in [-0.2, -0.15) is 0 Å². The maximum atomic E-state index is 12.2. The summed E-state index contributed by atoms with van der Waals surface area (Å²) in [6.07, 6.45) is 7.08. The smallest absolute Gasteiger partial charge is 0.228 e. The van der Waals surface area contributed by atoms with E-state index in [9.17, 15) is 4.79 Å². The average Bonchev–Trinajstić information content (AvgIpc) is 3.38. The van der Waals surface area contributed by atoms with E-state index in [4.69, 9.17) is 5.73 Å². The molecule has 1 aliphatic rings. The fourth-order valence-electron chi connectivity index (χ4n) is 3.25. The second-order valence-corrected chi connectivity index (χ2v) is 6.88. The van der Waals surface area contributed by atoms with Crippen LogP contribution in [0.25, 0.3) is 22.0 Å². The summed E-state index contributed by atoms with van der Waals surface area (Å²) in [5.74, 6) is 1.56. The van der Waals surface area contributed by atoms with E-state index in [0.717, 1.165) is 40.4 Å². The summed E-state index contributed by atoms with van der Waals surface area (Å²) in [5, 5.41) is 4.57. The van der Waals surface area contributed by atoms with Crippen LogP contribution in [0.4, 0.5) is 11.6 Å². The van der Waals surface area contributed by atoms with Gasteiger partial charge in [0, 0.05) is 35.5 Å². The maximum Gasteiger partial charge on any atom is 0.228 e. The van der Waals surface area contributed by atoms with Gasteiger partial charge in [-0.15, -0.1) is 0 Å². The fraction of sp³-hybridized carbons (Fsp3) is 0.300. The number of rotatable bonds is 4. The van der Waals surface area contributed by atoms with Gasteiger partial charge >= 0.3 is 0 Å². The Balaban J connectivity index is 1.73. The number of carbonyl (C=O) groups excluding carboxylic acids is 1. The largest absolute Gasteiger partial charge is 0.383 e. The van der Waals surface area contributed by atoms with Gasteiger partial charge in [-0.1, -0.05) is 13.8 Å². The van der Waals surface area contributed by atoms with Crippen molar-refractivity contribution in [3.63, 3.8) is 0 Å². The van der Waals surface area contributed by atoms with Crippen molar-refractivity contribution in [2.24, 2.45) is 11.8 Å². The monoisotopic (exact) mass is 347 g/mol. The Kier molecular flexibility index (Phi) is 4.03. The number of nitrogens with zero attached hydrogens (tertiary/aromatic N) is 3. The van der Waals surface area contributed by atoms with E-state index in [-0.39, 0.29) is 11.8 Å². The Hall–Kier alpha value is -3.02. The highest BCUT2D eigenvalue weighted by Gasteiger charge is 2.39. The van der Waals surface area contributed by atoms with Crippen molar-refractivity contribution in [3.05, 3.63) is 42.4 Å². The molecule has 0 bridgehead atoms. The zero-order chi connectivity index (χ0) is 18.3. The Labute approximate surface area is 151 Å². The van der Waals surface area contributed by atoms with Crippen molar-refractivity contribution < 1.29 is 4.79 Å². The highest BCUT2D eigenvalue weighted by molar-refractivity contribution is 5.98. The molecule has 0 aromatic carbocycles. The summed E-state index contributed by atoms with van der Waals surface area (Å²) < 4.78 is 0. The lowest BCUT2D eigenvalue weighted by molar-refractivity contribution is -0.117. The van der Waals surface area contributed by atoms with Crippen molar-refractivity contribution in [2.75, 3.05) is 11.1 Å². The molecule has 3 aromatic heterocycles. The quantitative estimate of drug-likeness (QED) is 0.754.